The van der Waals surface area contributed by atoms with Gasteiger partial charge in [0.2, 0.25) is 11.8 Å². The number of nitrogens with zero attached hydrogens (tertiary/aromatic N) is 4. The zero-order chi connectivity index (χ0) is 32.0. The Labute approximate surface area is 260 Å². The predicted octanol–water partition coefficient (Wildman–Crippen LogP) is 2.10. The number of piperidine rings is 1. The predicted molar refractivity (Wildman–Crippen MR) is 166 cm³/mol. The van der Waals surface area contributed by atoms with Crippen molar-refractivity contribution in [2.45, 2.75) is 32.4 Å². The zero-order valence-electron chi connectivity index (χ0n) is 25.7. The first kappa shape index (κ1) is 30.1. The maximum atomic E-state index is 13.3. The number of aryl methyl sites for hydroxylation is 2. The second-order valence-corrected chi connectivity index (χ2v) is 11.6. The number of rotatable bonds is 7. The van der Waals surface area contributed by atoms with Gasteiger partial charge >= 0.3 is 0 Å². The number of pyridine rings is 1. The monoisotopic (exact) mass is 613 g/mol. The van der Waals surface area contributed by atoms with Crippen molar-refractivity contribution in [3.05, 3.63) is 75.2 Å². The van der Waals surface area contributed by atoms with Gasteiger partial charge in [0.1, 0.15) is 17.5 Å². The number of ether oxygens (including phenoxy) is 2. The number of hydrogen-bond acceptors (Lipinski definition) is 9. The zero-order valence-corrected chi connectivity index (χ0v) is 25.7. The van der Waals surface area contributed by atoms with Gasteiger partial charge in [-0.2, -0.15) is 0 Å². The normalized spacial score (nSPS) is 18.7. The van der Waals surface area contributed by atoms with Crippen molar-refractivity contribution in [2.24, 2.45) is 7.05 Å². The molecule has 1 atom stereocenters. The first-order chi connectivity index (χ1) is 21.6. The van der Waals surface area contributed by atoms with Gasteiger partial charge in [-0.3, -0.25) is 39.1 Å². The molecule has 0 aliphatic carbocycles. The van der Waals surface area contributed by atoms with Crippen molar-refractivity contribution in [3.63, 3.8) is 0 Å². The molecule has 0 bridgehead atoms. The summed E-state index contributed by atoms with van der Waals surface area (Å²) in [7, 11) is 4.99. The highest BCUT2D eigenvalue weighted by molar-refractivity contribution is 6.23. The number of hydrogen-bond donors (Lipinski definition) is 1. The number of imide groups is 2. The lowest BCUT2D eigenvalue weighted by Crippen LogP contribution is -2.54. The van der Waals surface area contributed by atoms with Gasteiger partial charge in [-0.1, -0.05) is 0 Å². The van der Waals surface area contributed by atoms with Crippen LogP contribution in [0.15, 0.2) is 47.4 Å². The molecule has 1 unspecified atom stereocenters. The van der Waals surface area contributed by atoms with E-state index >= 15 is 0 Å². The average Bonchev–Trinajstić information content (AvgIpc) is 3.28. The number of nitrogens with one attached hydrogen (secondary N) is 1. The maximum Gasteiger partial charge on any atom is 0.262 e. The van der Waals surface area contributed by atoms with Gasteiger partial charge < -0.3 is 18.9 Å². The van der Waals surface area contributed by atoms with Gasteiger partial charge in [0.05, 0.1) is 30.9 Å². The number of aromatic nitrogens is 1. The molecular formula is C33H35N5O7. The van der Waals surface area contributed by atoms with E-state index in [2.05, 4.69) is 15.1 Å². The summed E-state index contributed by atoms with van der Waals surface area (Å²) in [6.45, 7) is 5.37. The summed E-state index contributed by atoms with van der Waals surface area (Å²) in [5.74, 6) is -0.659. The summed E-state index contributed by atoms with van der Waals surface area (Å²) < 4.78 is 13.2. The third-order valence-corrected chi connectivity index (χ3v) is 8.90. The van der Waals surface area contributed by atoms with E-state index in [4.69, 9.17) is 9.47 Å². The Morgan fingerprint density at radius 1 is 0.844 bits per heavy atom. The second kappa shape index (κ2) is 11.8. The molecule has 0 spiro atoms. The molecule has 2 saturated heterocycles. The fraction of sp³-hybridized carbons (Fsp3) is 0.364. The van der Waals surface area contributed by atoms with Crippen molar-refractivity contribution >= 4 is 29.3 Å². The minimum Gasteiger partial charge on any atom is -0.496 e. The number of anilines is 1. The Morgan fingerprint density at radius 3 is 2.16 bits per heavy atom. The van der Waals surface area contributed by atoms with Crippen LogP contribution in [-0.4, -0.2) is 84.4 Å². The van der Waals surface area contributed by atoms with E-state index in [1.165, 1.54) is 0 Å². The maximum absolute atomic E-state index is 13.3. The molecule has 4 amide bonds. The van der Waals surface area contributed by atoms with Crippen LogP contribution >= 0.6 is 0 Å². The van der Waals surface area contributed by atoms with Crippen LogP contribution < -0.4 is 25.2 Å². The smallest absolute Gasteiger partial charge is 0.262 e. The third kappa shape index (κ3) is 5.46. The summed E-state index contributed by atoms with van der Waals surface area (Å²) in [6.07, 6.45) is 2.02. The number of fused-ring (bicyclic) bond motifs is 1. The number of methoxy groups -OCH3 is 2. The molecule has 2 fully saturated rings. The number of piperazine rings is 1. The van der Waals surface area contributed by atoms with Crippen LogP contribution in [0, 0.1) is 6.92 Å². The molecule has 0 saturated carbocycles. The number of carbonyl (C=O) groups excluding carboxylic acids is 4. The molecule has 4 heterocycles. The highest BCUT2D eigenvalue weighted by Gasteiger charge is 2.44. The van der Waals surface area contributed by atoms with Crippen LogP contribution in [0.5, 0.6) is 11.5 Å². The van der Waals surface area contributed by atoms with Crippen LogP contribution in [0.4, 0.5) is 5.69 Å². The van der Waals surface area contributed by atoms with Crippen molar-refractivity contribution < 1.29 is 28.7 Å². The molecular weight excluding hydrogens is 578 g/mol. The van der Waals surface area contributed by atoms with E-state index in [-0.39, 0.29) is 29.5 Å². The summed E-state index contributed by atoms with van der Waals surface area (Å²) in [5, 5.41) is 2.23. The molecule has 6 rings (SSSR count). The molecule has 12 nitrogen and oxygen atoms in total. The Bertz CT molecular complexity index is 1770. The van der Waals surface area contributed by atoms with Gasteiger partial charge in [0.25, 0.3) is 17.4 Å². The van der Waals surface area contributed by atoms with Crippen molar-refractivity contribution in [1.29, 1.82) is 0 Å². The van der Waals surface area contributed by atoms with E-state index in [1.807, 2.05) is 31.3 Å². The van der Waals surface area contributed by atoms with E-state index in [9.17, 15) is 24.0 Å². The Morgan fingerprint density at radius 2 is 1.51 bits per heavy atom. The summed E-state index contributed by atoms with van der Waals surface area (Å²) in [6, 6.07) is 9.78. The molecule has 1 aromatic heterocycles. The third-order valence-electron chi connectivity index (χ3n) is 8.90. The standard InChI is InChI=1S/C33H35N5O7/c1-19-13-30(40)35(2)17-24(19)20-14-27(44-3)25(28(15-20)45-4)18-36-9-11-37(12-10-36)21-5-6-22-23(16-21)33(43)38(32(22)42)26-7-8-29(39)34-31(26)41/h5-6,13-17,26H,7-12,18H2,1-4H3,(H,34,39,41). The van der Waals surface area contributed by atoms with Crippen LogP contribution in [0.1, 0.15) is 44.7 Å². The van der Waals surface area contributed by atoms with Crippen LogP contribution in [-0.2, 0) is 23.2 Å². The van der Waals surface area contributed by atoms with Gasteiger partial charge in [-0.15, -0.1) is 0 Å². The van der Waals surface area contributed by atoms with Crippen LogP contribution in [0.2, 0.25) is 0 Å². The lowest BCUT2D eigenvalue weighted by molar-refractivity contribution is -0.136. The number of carbonyl (C=O) groups is 4. The Balaban J connectivity index is 1.16. The first-order valence-corrected chi connectivity index (χ1v) is 14.8. The molecule has 3 aliphatic heterocycles. The lowest BCUT2D eigenvalue weighted by atomic mass is 9.99. The van der Waals surface area contributed by atoms with Gasteiger partial charge in [0, 0.05) is 69.7 Å². The fourth-order valence-electron chi connectivity index (χ4n) is 6.36. The minimum atomic E-state index is -0.990. The van der Waals surface area contributed by atoms with Gasteiger partial charge in [-0.05, 0) is 54.8 Å². The molecule has 2 aromatic carbocycles. The van der Waals surface area contributed by atoms with Crippen molar-refractivity contribution in [3.8, 4) is 22.6 Å². The van der Waals surface area contributed by atoms with E-state index in [1.54, 1.807) is 44.0 Å². The average molecular weight is 614 g/mol. The van der Waals surface area contributed by atoms with Gasteiger partial charge in [0.15, 0.2) is 0 Å². The van der Waals surface area contributed by atoms with E-state index in [0.29, 0.717) is 31.1 Å². The second-order valence-electron chi connectivity index (χ2n) is 11.6. The van der Waals surface area contributed by atoms with Crippen LogP contribution in [0.25, 0.3) is 11.1 Å². The molecule has 45 heavy (non-hydrogen) atoms. The van der Waals surface area contributed by atoms with Gasteiger partial charge in [-0.25, -0.2) is 0 Å². The molecule has 234 valence electrons. The van der Waals surface area contributed by atoms with Crippen molar-refractivity contribution in [2.75, 3.05) is 45.3 Å². The molecule has 3 aliphatic rings. The highest BCUT2D eigenvalue weighted by Crippen LogP contribution is 2.37. The lowest BCUT2D eigenvalue weighted by Gasteiger charge is -2.36. The number of amides is 4. The van der Waals surface area contributed by atoms with E-state index in [0.717, 1.165) is 45.9 Å². The SMILES string of the molecule is COc1cc(-c2cn(C)c(=O)cc2C)cc(OC)c1CN1CCN(c2ccc3c(c2)C(=O)N(C2CCC(=O)NC2=O)C3=O)CC1. The molecule has 3 aromatic rings. The quantitative estimate of drug-likeness (QED) is 0.398. The van der Waals surface area contributed by atoms with E-state index < -0.39 is 29.7 Å². The minimum absolute atomic E-state index is 0.0693. The molecule has 12 heteroatoms. The Kier molecular flexibility index (Phi) is 7.92. The fourth-order valence-corrected chi connectivity index (χ4v) is 6.36. The number of benzene rings is 2. The highest BCUT2D eigenvalue weighted by atomic mass is 16.5. The Hall–Kier alpha value is -4.97. The summed E-state index contributed by atoms with van der Waals surface area (Å²) in [4.78, 5) is 67.9. The van der Waals surface area contributed by atoms with Crippen LogP contribution in [0.3, 0.4) is 0 Å². The largest absolute Gasteiger partial charge is 0.496 e. The topological polar surface area (TPSA) is 130 Å². The van der Waals surface area contributed by atoms with Crippen molar-refractivity contribution in [1.82, 2.24) is 19.7 Å². The summed E-state index contributed by atoms with van der Waals surface area (Å²) in [5.41, 5.74) is 4.90. The first-order valence-electron chi connectivity index (χ1n) is 14.8. The molecule has 0 radical (unpaired) electrons. The molecule has 1 N–H and O–H groups in total. The summed E-state index contributed by atoms with van der Waals surface area (Å²) >= 11 is 0.